The van der Waals surface area contributed by atoms with Crippen LogP contribution in [0.2, 0.25) is 10.0 Å². The minimum absolute atomic E-state index is 0.455. The molecular formula is C14H19Cl2NO2. The Hall–Kier alpha value is -0.320. The van der Waals surface area contributed by atoms with Gasteiger partial charge in [0.05, 0.1) is 22.8 Å². The van der Waals surface area contributed by atoms with Crippen molar-refractivity contribution >= 4 is 23.2 Å². The number of hydrogen-bond acceptors (Lipinski definition) is 3. The van der Waals surface area contributed by atoms with E-state index in [4.69, 9.17) is 27.9 Å². The van der Waals surface area contributed by atoms with Crippen LogP contribution < -0.4 is 0 Å². The highest BCUT2D eigenvalue weighted by Gasteiger charge is 2.16. The Balaban J connectivity index is 1.89. The second kappa shape index (κ2) is 7.46. The summed E-state index contributed by atoms with van der Waals surface area (Å²) in [6.45, 7) is 4.40. The number of benzene rings is 1. The fraction of sp³-hybridized carbons (Fsp3) is 0.571. The fourth-order valence-electron chi connectivity index (χ4n) is 2.26. The van der Waals surface area contributed by atoms with E-state index in [1.807, 2.05) is 12.1 Å². The molecule has 1 aromatic carbocycles. The van der Waals surface area contributed by atoms with Crippen molar-refractivity contribution < 1.29 is 9.84 Å². The Labute approximate surface area is 124 Å². The van der Waals surface area contributed by atoms with E-state index in [2.05, 4.69) is 4.90 Å². The summed E-state index contributed by atoms with van der Waals surface area (Å²) in [5.41, 5.74) is 0.709. The van der Waals surface area contributed by atoms with Crippen LogP contribution in [0.4, 0.5) is 0 Å². The van der Waals surface area contributed by atoms with E-state index in [0.29, 0.717) is 22.0 Å². The molecule has 2 rings (SSSR count). The van der Waals surface area contributed by atoms with Crippen molar-refractivity contribution in [1.29, 1.82) is 0 Å². The molecule has 1 aliphatic heterocycles. The highest BCUT2D eigenvalue weighted by Crippen LogP contribution is 2.31. The minimum atomic E-state index is -0.574. The van der Waals surface area contributed by atoms with Gasteiger partial charge in [0.2, 0.25) is 0 Å². The van der Waals surface area contributed by atoms with Crippen LogP contribution in [0.1, 0.15) is 24.5 Å². The van der Waals surface area contributed by atoms with E-state index >= 15 is 0 Å². The van der Waals surface area contributed by atoms with E-state index in [1.54, 1.807) is 6.07 Å². The Bertz CT molecular complexity index is 406. The summed E-state index contributed by atoms with van der Waals surface area (Å²) in [4.78, 5) is 2.31. The zero-order chi connectivity index (χ0) is 13.7. The predicted molar refractivity (Wildman–Crippen MR) is 77.9 cm³/mol. The van der Waals surface area contributed by atoms with Crippen LogP contribution in [-0.4, -0.2) is 42.9 Å². The molecule has 0 amide bonds. The van der Waals surface area contributed by atoms with E-state index in [9.17, 15) is 5.11 Å². The SMILES string of the molecule is OC(CCN1CCCOCC1)c1cccc(Cl)c1Cl. The van der Waals surface area contributed by atoms with Gasteiger partial charge in [0.15, 0.2) is 0 Å². The summed E-state index contributed by atoms with van der Waals surface area (Å²) in [7, 11) is 0. The van der Waals surface area contributed by atoms with E-state index in [0.717, 1.165) is 39.3 Å². The van der Waals surface area contributed by atoms with Gasteiger partial charge in [-0.05, 0) is 18.9 Å². The van der Waals surface area contributed by atoms with Crippen molar-refractivity contribution in [3.63, 3.8) is 0 Å². The molecule has 1 heterocycles. The summed E-state index contributed by atoms with van der Waals surface area (Å²) in [5.74, 6) is 0. The Kier molecular flexibility index (Phi) is 5.92. The summed E-state index contributed by atoms with van der Waals surface area (Å²) < 4.78 is 5.41. The lowest BCUT2D eigenvalue weighted by atomic mass is 10.1. The first-order valence-electron chi connectivity index (χ1n) is 6.60. The third-order valence-corrected chi connectivity index (χ3v) is 4.21. The molecule has 3 nitrogen and oxygen atoms in total. The summed E-state index contributed by atoms with van der Waals surface area (Å²) in [5, 5.41) is 11.2. The van der Waals surface area contributed by atoms with Gasteiger partial charge >= 0.3 is 0 Å². The molecular weight excluding hydrogens is 285 g/mol. The van der Waals surface area contributed by atoms with Crippen molar-refractivity contribution in [3.8, 4) is 0 Å². The van der Waals surface area contributed by atoms with Gasteiger partial charge in [0, 0.05) is 31.8 Å². The van der Waals surface area contributed by atoms with E-state index < -0.39 is 6.10 Å². The molecule has 0 aromatic heterocycles. The molecule has 1 aliphatic rings. The molecule has 106 valence electrons. The molecule has 1 fully saturated rings. The first kappa shape index (κ1) is 15.1. The van der Waals surface area contributed by atoms with Gasteiger partial charge in [0.1, 0.15) is 0 Å². The van der Waals surface area contributed by atoms with Crippen LogP contribution >= 0.6 is 23.2 Å². The van der Waals surface area contributed by atoms with Crippen LogP contribution in [0.5, 0.6) is 0 Å². The maximum atomic E-state index is 10.2. The number of hydrogen-bond donors (Lipinski definition) is 1. The monoisotopic (exact) mass is 303 g/mol. The van der Waals surface area contributed by atoms with Gasteiger partial charge in [-0.15, -0.1) is 0 Å². The highest BCUT2D eigenvalue weighted by atomic mass is 35.5. The molecule has 0 bridgehead atoms. The van der Waals surface area contributed by atoms with Crippen molar-refractivity contribution in [2.75, 3.05) is 32.8 Å². The van der Waals surface area contributed by atoms with Crippen LogP contribution in [0.3, 0.4) is 0 Å². The average molecular weight is 304 g/mol. The van der Waals surface area contributed by atoms with Crippen molar-refractivity contribution in [1.82, 2.24) is 4.90 Å². The number of aliphatic hydroxyl groups excluding tert-OH is 1. The fourth-order valence-corrected chi connectivity index (χ4v) is 2.69. The number of halogens is 2. The lowest BCUT2D eigenvalue weighted by Gasteiger charge is -2.21. The molecule has 0 spiro atoms. The van der Waals surface area contributed by atoms with Crippen molar-refractivity contribution in [2.24, 2.45) is 0 Å². The third-order valence-electron chi connectivity index (χ3n) is 3.37. The molecule has 5 heteroatoms. The van der Waals surface area contributed by atoms with Crippen molar-refractivity contribution in [3.05, 3.63) is 33.8 Å². The molecule has 0 radical (unpaired) electrons. The largest absolute Gasteiger partial charge is 0.388 e. The smallest absolute Gasteiger partial charge is 0.0817 e. The van der Waals surface area contributed by atoms with Gasteiger partial charge in [-0.2, -0.15) is 0 Å². The topological polar surface area (TPSA) is 32.7 Å². The van der Waals surface area contributed by atoms with Gasteiger partial charge in [0.25, 0.3) is 0 Å². The van der Waals surface area contributed by atoms with Crippen LogP contribution in [-0.2, 0) is 4.74 Å². The standard InChI is InChI=1S/C14H19Cl2NO2/c15-12-4-1-3-11(14(12)16)13(18)5-7-17-6-2-9-19-10-8-17/h1,3-4,13,18H,2,5-10H2. The predicted octanol–water partition coefficient (Wildman–Crippen LogP) is 3.14. The zero-order valence-electron chi connectivity index (χ0n) is 10.8. The Morgan fingerprint density at radius 3 is 2.95 bits per heavy atom. The maximum Gasteiger partial charge on any atom is 0.0817 e. The number of aliphatic hydroxyl groups is 1. The summed E-state index contributed by atoms with van der Waals surface area (Å²) in [6, 6.07) is 5.36. The minimum Gasteiger partial charge on any atom is -0.388 e. The molecule has 0 aliphatic carbocycles. The molecule has 1 aromatic rings. The maximum absolute atomic E-state index is 10.2. The number of ether oxygens (including phenoxy) is 1. The van der Waals surface area contributed by atoms with Gasteiger partial charge < -0.3 is 14.7 Å². The molecule has 1 unspecified atom stereocenters. The zero-order valence-corrected chi connectivity index (χ0v) is 12.3. The van der Waals surface area contributed by atoms with Gasteiger partial charge in [-0.25, -0.2) is 0 Å². The molecule has 19 heavy (non-hydrogen) atoms. The average Bonchev–Trinajstić information content (AvgIpc) is 2.68. The number of nitrogens with zero attached hydrogens (tertiary/aromatic N) is 1. The van der Waals surface area contributed by atoms with E-state index in [-0.39, 0.29) is 0 Å². The summed E-state index contributed by atoms with van der Waals surface area (Å²) >= 11 is 12.1. The van der Waals surface area contributed by atoms with Crippen molar-refractivity contribution in [2.45, 2.75) is 18.9 Å². The molecule has 0 saturated carbocycles. The highest BCUT2D eigenvalue weighted by molar-refractivity contribution is 6.42. The molecule has 1 saturated heterocycles. The second-order valence-corrected chi connectivity index (χ2v) is 5.54. The lowest BCUT2D eigenvalue weighted by molar-refractivity contribution is 0.126. The quantitative estimate of drug-likeness (QED) is 0.927. The Morgan fingerprint density at radius 2 is 2.11 bits per heavy atom. The van der Waals surface area contributed by atoms with Crippen LogP contribution in [0.25, 0.3) is 0 Å². The number of rotatable bonds is 4. The van der Waals surface area contributed by atoms with Crippen LogP contribution in [0, 0.1) is 0 Å². The normalized spacial score (nSPS) is 19.1. The van der Waals surface area contributed by atoms with Gasteiger partial charge in [-0.1, -0.05) is 35.3 Å². The third kappa shape index (κ3) is 4.33. The molecule has 1 N–H and O–H groups in total. The van der Waals surface area contributed by atoms with Crippen LogP contribution in [0.15, 0.2) is 18.2 Å². The Morgan fingerprint density at radius 1 is 1.26 bits per heavy atom. The summed E-state index contributed by atoms with van der Waals surface area (Å²) in [6.07, 6.45) is 1.13. The van der Waals surface area contributed by atoms with Gasteiger partial charge in [-0.3, -0.25) is 0 Å². The van der Waals surface area contributed by atoms with E-state index in [1.165, 1.54) is 0 Å². The first-order chi connectivity index (χ1) is 9.18. The lowest BCUT2D eigenvalue weighted by Crippen LogP contribution is -2.28. The molecule has 1 atom stereocenters. The first-order valence-corrected chi connectivity index (χ1v) is 7.36. The second-order valence-electron chi connectivity index (χ2n) is 4.76.